The van der Waals surface area contributed by atoms with Gasteiger partial charge in [0.15, 0.2) is 0 Å². The average Bonchev–Trinajstić information content (AvgIpc) is 2.41. The molecule has 21 heavy (non-hydrogen) atoms. The molecular weight excluding hydrogens is 267 g/mol. The minimum Gasteiger partial charge on any atom is -0.474 e. The molecular formula is C17H27FN2O. The Labute approximate surface area is 127 Å². The lowest BCUT2D eigenvalue weighted by atomic mass is 9.89. The summed E-state index contributed by atoms with van der Waals surface area (Å²) in [7, 11) is 0. The van der Waals surface area contributed by atoms with Crippen molar-refractivity contribution < 1.29 is 9.13 Å². The first kappa shape index (κ1) is 16.2. The molecule has 0 aromatic carbocycles. The van der Waals surface area contributed by atoms with Crippen molar-refractivity contribution >= 4 is 0 Å². The minimum absolute atomic E-state index is 0.218. The van der Waals surface area contributed by atoms with Crippen LogP contribution in [0, 0.1) is 17.7 Å². The molecule has 0 amide bonds. The summed E-state index contributed by atoms with van der Waals surface area (Å²) in [5, 5.41) is 3.33. The van der Waals surface area contributed by atoms with E-state index in [1.54, 1.807) is 0 Å². The highest BCUT2D eigenvalue weighted by Gasteiger charge is 2.21. The van der Waals surface area contributed by atoms with E-state index in [1.165, 1.54) is 25.1 Å². The first-order chi connectivity index (χ1) is 10.0. The van der Waals surface area contributed by atoms with Crippen LogP contribution in [-0.4, -0.2) is 17.6 Å². The van der Waals surface area contributed by atoms with E-state index in [0.29, 0.717) is 24.3 Å². The molecule has 118 valence electrons. The SMILES string of the molecule is CC(C)CNCc1cc(F)cnc1OC1CCCC(C)C1. The second-order valence-corrected chi connectivity index (χ2v) is 6.65. The molecule has 1 N–H and O–H groups in total. The van der Waals surface area contributed by atoms with Gasteiger partial charge in [0, 0.05) is 12.1 Å². The van der Waals surface area contributed by atoms with Crippen molar-refractivity contribution in [1.29, 1.82) is 0 Å². The summed E-state index contributed by atoms with van der Waals surface area (Å²) in [6.07, 6.45) is 6.08. The van der Waals surface area contributed by atoms with Gasteiger partial charge in [0.2, 0.25) is 5.88 Å². The molecule has 1 aliphatic rings. The van der Waals surface area contributed by atoms with E-state index in [0.717, 1.165) is 24.9 Å². The monoisotopic (exact) mass is 294 g/mol. The molecule has 2 rings (SSSR count). The van der Waals surface area contributed by atoms with Crippen LogP contribution in [0.25, 0.3) is 0 Å². The lowest BCUT2D eigenvalue weighted by Gasteiger charge is -2.27. The molecule has 0 spiro atoms. The van der Waals surface area contributed by atoms with Gasteiger partial charge in [0.1, 0.15) is 11.9 Å². The van der Waals surface area contributed by atoms with Crippen molar-refractivity contribution in [2.45, 2.75) is 59.1 Å². The topological polar surface area (TPSA) is 34.2 Å². The number of halogens is 1. The molecule has 1 heterocycles. The zero-order valence-corrected chi connectivity index (χ0v) is 13.4. The zero-order chi connectivity index (χ0) is 15.2. The van der Waals surface area contributed by atoms with E-state index in [4.69, 9.17) is 4.74 Å². The van der Waals surface area contributed by atoms with E-state index in [9.17, 15) is 4.39 Å². The molecule has 1 fully saturated rings. The summed E-state index contributed by atoms with van der Waals surface area (Å²) < 4.78 is 19.5. The van der Waals surface area contributed by atoms with Gasteiger partial charge in [-0.1, -0.05) is 27.2 Å². The Morgan fingerprint density at radius 1 is 1.43 bits per heavy atom. The highest BCUT2D eigenvalue weighted by atomic mass is 19.1. The van der Waals surface area contributed by atoms with E-state index in [2.05, 4.69) is 31.1 Å². The molecule has 1 aromatic rings. The highest BCUT2D eigenvalue weighted by molar-refractivity contribution is 5.26. The maximum atomic E-state index is 13.4. The van der Waals surface area contributed by atoms with Gasteiger partial charge in [0.25, 0.3) is 0 Å². The number of aromatic nitrogens is 1. The predicted molar refractivity (Wildman–Crippen MR) is 82.8 cm³/mol. The summed E-state index contributed by atoms with van der Waals surface area (Å²) in [4.78, 5) is 4.16. The van der Waals surface area contributed by atoms with Crippen LogP contribution in [0.1, 0.15) is 52.0 Å². The van der Waals surface area contributed by atoms with Crippen LogP contribution >= 0.6 is 0 Å². The van der Waals surface area contributed by atoms with Gasteiger partial charge in [-0.15, -0.1) is 0 Å². The van der Waals surface area contributed by atoms with E-state index >= 15 is 0 Å². The molecule has 1 aliphatic carbocycles. The number of pyridine rings is 1. The summed E-state index contributed by atoms with van der Waals surface area (Å²) in [6.45, 7) is 8.06. The average molecular weight is 294 g/mol. The molecule has 3 nitrogen and oxygen atoms in total. The number of ether oxygens (including phenoxy) is 1. The Morgan fingerprint density at radius 2 is 2.24 bits per heavy atom. The van der Waals surface area contributed by atoms with Gasteiger partial charge >= 0.3 is 0 Å². The fourth-order valence-corrected chi connectivity index (χ4v) is 2.84. The largest absolute Gasteiger partial charge is 0.474 e. The fraction of sp³-hybridized carbons (Fsp3) is 0.706. The normalized spacial score (nSPS) is 22.5. The summed E-state index contributed by atoms with van der Waals surface area (Å²) in [6, 6.07) is 1.53. The predicted octanol–water partition coefficient (Wildman–Crippen LogP) is 3.92. The van der Waals surface area contributed by atoms with E-state index < -0.39 is 0 Å². The maximum Gasteiger partial charge on any atom is 0.218 e. The molecule has 0 aliphatic heterocycles. The number of nitrogens with zero attached hydrogens (tertiary/aromatic N) is 1. The third-order valence-corrected chi connectivity index (χ3v) is 3.93. The van der Waals surface area contributed by atoms with Gasteiger partial charge in [-0.3, -0.25) is 0 Å². The number of nitrogens with one attached hydrogen (secondary N) is 1. The molecule has 1 aromatic heterocycles. The van der Waals surface area contributed by atoms with E-state index in [1.807, 2.05) is 0 Å². The van der Waals surface area contributed by atoms with Crippen molar-refractivity contribution in [2.24, 2.45) is 11.8 Å². The number of rotatable bonds is 6. The van der Waals surface area contributed by atoms with Crippen LogP contribution in [0.5, 0.6) is 5.88 Å². The Bertz CT molecular complexity index is 450. The Kier molecular flexibility index (Phi) is 5.97. The third-order valence-electron chi connectivity index (χ3n) is 3.93. The van der Waals surface area contributed by atoms with Crippen LogP contribution in [0.2, 0.25) is 0 Å². The zero-order valence-electron chi connectivity index (χ0n) is 13.4. The second kappa shape index (κ2) is 7.74. The summed E-state index contributed by atoms with van der Waals surface area (Å²) >= 11 is 0. The molecule has 0 radical (unpaired) electrons. The van der Waals surface area contributed by atoms with Gasteiger partial charge in [-0.05, 0) is 43.7 Å². The van der Waals surface area contributed by atoms with Crippen LogP contribution in [0.4, 0.5) is 4.39 Å². The Balaban J connectivity index is 2.00. The van der Waals surface area contributed by atoms with Crippen LogP contribution in [0.15, 0.2) is 12.3 Å². The van der Waals surface area contributed by atoms with Crippen molar-refractivity contribution in [2.75, 3.05) is 6.54 Å². The number of hydrogen-bond acceptors (Lipinski definition) is 3. The Hall–Kier alpha value is -1.16. The van der Waals surface area contributed by atoms with Gasteiger partial charge in [-0.25, -0.2) is 9.37 Å². The summed E-state index contributed by atoms with van der Waals surface area (Å²) in [5.41, 5.74) is 0.814. The Morgan fingerprint density at radius 3 is 2.95 bits per heavy atom. The van der Waals surface area contributed by atoms with Crippen molar-refractivity contribution in [3.8, 4) is 5.88 Å². The van der Waals surface area contributed by atoms with Gasteiger partial charge in [0.05, 0.1) is 6.20 Å². The lowest BCUT2D eigenvalue weighted by molar-refractivity contribution is 0.122. The van der Waals surface area contributed by atoms with Gasteiger partial charge < -0.3 is 10.1 Å². The molecule has 1 saturated carbocycles. The first-order valence-corrected chi connectivity index (χ1v) is 8.06. The van der Waals surface area contributed by atoms with Crippen LogP contribution in [0.3, 0.4) is 0 Å². The third kappa shape index (κ3) is 5.27. The smallest absolute Gasteiger partial charge is 0.218 e. The molecule has 4 heteroatoms. The molecule has 2 atom stereocenters. The van der Waals surface area contributed by atoms with Crippen molar-refractivity contribution in [3.05, 3.63) is 23.6 Å². The molecule has 0 saturated heterocycles. The number of hydrogen-bond donors (Lipinski definition) is 1. The summed E-state index contributed by atoms with van der Waals surface area (Å²) in [5.74, 6) is 1.55. The first-order valence-electron chi connectivity index (χ1n) is 8.06. The minimum atomic E-state index is -0.305. The van der Waals surface area contributed by atoms with Crippen molar-refractivity contribution in [1.82, 2.24) is 10.3 Å². The van der Waals surface area contributed by atoms with Crippen molar-refractivity contribution in [3.63, 3.8) is 0 Å². The second-order valence-electron chi connectivity index (χ2n) is 6.65. The quantitative estimate of drug-likeness (QED) is 0.863. The van der Waals surface area contributed by atoms with Crippen LogP contribution in [-0.2, 0) is 6.54 Å². The highest BCUT2D eigenvalue weighted by Crippen LogP contribution is 2.28. The lowest BCUT2D eigenvalue weighted by Crippen LogP contribution is -2.26. The fourth-order valence-electron chi connectivity index (χ4n) is 2.84. The molecule has 2 unspecified atom stereocenters. The maximum absolute atomic E-state index is 13.4. The van der Waals surface area contributed by atoms with Gasteiger partial charge in [-0.2, -0.15) is 0 Å². The standard InChI is InChI=1S/C17H27FN2O/c1-12(2)9-19-10-14-8-15(18)11-20-17(14)21-16-6-4-5-13(3)7-16/h8,11-13,16,19H,4-7,9-10H2,1-3H3. The van der Waals surface area contributed by atoms with E-state index in [-0.39, 0.29) is 11.9 Å². The van der Waals surface area contributed by atoms with Crippen LogP contribution < -0.4 is 10.1 Å². The molecule has 0 bridgehead atoms.